The van der Waals surface area contributed by atoms with Crippen molar-refractivity contribution in [2.75, 3.05) is 0 Å². The molecule has 59 valence electrons. The van der Waals surface area contributed by atoms with E-state index in [1.807, 2.05) is 0 Å². The second-order valence-electron chi connectivity index (χ2n) is 2.35. The van der Waals surface area contributed by atoms with E-state index in [0.717, 1.165) is 0 Å². The molecule has 0 bridgehead atoms. The first-order valence-electron chi connectivity index (χ1n) is 3.21. The second kappa shape index (κ2) is 2.95. The van der Waals surface area contributed by atoms with Crippen molar-refractivity contribution < 1.29 is 8.78 Å². The number of aromatic nitrogens is 1. The van der Waals surface area contributed by atoms with Crippen LogP contribution in [0.3, 0.4) is 0 Å². The Bertz CT molecular complexity index is 215. The molecule has 0 aliphatic carbocycles. The van der Waals surface area contributed by atoms with Crippen LogP contribution in [0, 0.1) is 6.92 Å². The topological polar surface area (TPSA) is 12.9 Å². The minimum absolute atomic E-state index is 0.368. The minimum atomic E-state index is -2.91. The van der Waals surface area contributed by atoms with Gasteiger partial charge in [-0.3, -0.25) is 4.98 Å². The van der Waals surface area contributed by atoms with Gasteiger partial charge in [-0.2, -0.15) is 0 Å². The fraction of sp³-hybridized carbons (Fsp3) is 0.250. The molecule has 0 fully saturated rings. The average molecular weight is 156 g/mol. The van der Waals surface area contributed by atoms with Crippen molar-refractivity contribution in [1.82, 2.24) is 4.98 Å². The summed E-state index contributed by atoms with van der Waals surface area (Å²) in [7, 11) is 0. The Balaban J connectivity index is 2.66. The first-order valence-corrected chi connectivity index (χ1v) is 3.21. The van der Waals surface area contributed by atoms with E-state index in [1.165, 1.54) is 6.20 Å². The van der Waals surface area contributed by atoms with Gasteiger partial charge in [0.2, 0.25) is 0 Å². The molecule has 0 aliphatic heterocycles. The van der Waals surface area contributed by atoms with Crippen LogP contribution in [-0.4, -0.2) is 10.9 Å². The lowest BCUT2D eigenvalue weighted by Crippen LogP contribution is -2.14. The summed E-state index contributed by atoms with van der Waals surface area (Å²) in [5.74, 6) is -2.91. The zero-order valence-corrected chi connectivity index (χ0v) is 5.93. The highest BCUT2D eigenvalue weighted by molar-refractivity contribution is 5.05. The van der Waals surface area contributed by atoms with Crippen LogP contribution in [0.15, 0.2) is 24.4 Å². The molecule has 0 spiro atoms. The van der Waals surface area contributed by atoms with E-state index in [-0.39, 0.29) is 0 Å². The molecular formula is C8H8F2N. The predicted molar refractivity (Wildman–Crippen MR) is 38.2 cm³/mol. The molecule has 0 N–H and O–H groups in total. The van der Waals surface area contributed by atoms with Crippen LogP contribution in [0.5, 0.6) is 0 Å². The number of hydrogen-bond donors (Lipinski definition) is 0. The predicted octanol–water partition coefficient (Wildman–Crippen LogP) is 2.09. The molecule has 0 saturated carbocycles. The summed E-state index contributed by atoms with van der Waals surface area (Å²) < 4.78 is 24.5. The van der Waals surface area contributed by atoms with E-state index in [0.29, 0.717) is 5.69 Å². The third-order valence-corrected chi connectivity index (χ3v) is 1.17. The summed E-state index contributed by atoms with van der Waals surface area (Å²) in [5, 5.41) is 0. The molecule has 1 radical (unpaired) electrons. The number of pyridine rings is 1. The molecule has 1 heterocycles. The molecule has 11 heavy (non-hydrogen) atoms. The van der Waals surface area contributed by atoms with Crippen LogP contribution in [0.4, 0.5) is 8.78 Å². The maximum Gasteiger partial charge on any atom is 0.253 e. The number of hydrogen-bond acceptors (Lipinski definition) is 1. The van der Waals surface area contributed by atoms with Gasteiger partial charge in [0.05, 0.1) is 6.42 Å². The summed E-state index contributed by atoms with van der Waals surface area (Å²) in [6, 6.07) is 4.91. The Kier molecular flexibility index (Phi) is 2.17. The Morgan fingerprint density at radius 1 is 1.45 bits per heavy atom. The van der Waals surface area contributed by atoms with E-state index >= 15 is 0 Å². The molecule has 0 amide bonds. The Hall–Kier alpha value is -0.990. The molecule has 1 rings (SSSR count). The Morgan fingerprint density at radius 3 is 2.64 bits per heavy atom. The zero-order valence-electron chi connectivity index (χ0n) is 5.93. The van der Waals surface area contributed by atoms with Crippen molar-refractivity contribution in [2.45, 2.75) is 12.3 Å². The number of alkyl halides is 2. The molecule has 0 saturated heterocycles. The van der Waals surface area contributed by atoms with E-state index in [2.05, 4.69) is 11.9 Å². The fourth-order valence-corrected chi connectivity index (χ4v) is 0.768. The largest absolute Gasteiger partial charge is 0.261 e. The van der Waals surface area contributed by atoms with Crippen LogP contribution in [0.2, 0.25) is 0 Å². The van der Waals surface area contributed by atoms with E-state index in [4.69, 9.17) is 0 Å². The van der Waals surface area contributed by atoms with Crippen LogP contribution in [-0.2, 0) is 6.42 Å². The smallest absolute Gasteiger partial charge is 0.253 e. The summed E-state index contributed by atoms with van der Waals surface area (Å²) in [6.45, 7) is 2.69. The van der Waals surface area contributed by atoms with Gasteiger partial charge in [-0.25, -0.2) is 8.78 Å². The number of nitrogens with zero attached hydrogens (tertiary/aromatic N) is 1. The average Bonchev–Trinajstić information content (AvgIpc) is 1.85. The zero-order chi connectivity index (χ0) is 8.32. The molecule has 0 aromatic carbocycles. The standard InChI is InChI=1S/C8H8F2N/c1-8(9,10)6-7-4-2-3-5-11-7/h2-5H,1,6H2. The number of halogens is 2. The molecule has 1 nitrogen and oxygen atoms in total. The number of rotatable bonds is 2. The van der Waals surface area contributed by atoms with Gasteiger partial charge in [-0.15, -0.1) is 0 Å². The molecule has 1 aromatic heterocycles. The van der Waals surface area contributed by atoms with E-state index in [9.17, 15) is 8.78 Å². The van der Waals surface area contributed by atoms with Crippen molar-refractivity contribution in [3.8, 4) is 0 Å². The quantitative estimate of drug-likeness (QED) is 0.638. The molecule has 1 aromatic rings. The molecule has 0 unspecified atom stereocenters. The summed E-state index contributed by atoms with van der Waals surface area (Å²) in [6.07, 6.45) is 1.09. The van der Waals surface area contributed by atoms with Crippen molar-refractivity contribution >= 4 is 0 Å². The van der Waals surface area contributed by atoms with Gasteiger partial charge in [0.25, 0.3) is 5.92 Å². The monoisotopic (exact) mass is 156 g/mol. The Morgan fingerprint density at radius 2 is 2.18 bits per heavy atom. The summed E-state index contributed by atoms with van der Waals surface area (Å²) in [4.78, 5) is 3.74. The molecule has 0 atom stereocenters. The van der Waals surface area contributed by atoms with Crippen molar-refractivity contribution in [2.24, 2.45) is 0 Å². The third-order valence-electron chi connectivity index (χ3n) is 1.17. The van der Waals surface area contributed by atoms with E-state index < -0.39 is 12.3 Å². The van der Waals surface area contributed by atoms with Crippen molar-refractivity contribution in [1.29, 1.82) is 0 Å². The minimum Gasteiger partial charge on any atom is -0.261 e. The van der Waals surface area contributed by atoms with Crippen LogP contribution in [0.1, 0.15) is 5.69 Å². The molecule has 3 heteroatoms. The lowest BCUT2D eigenvalue weighted by molar-refractivity contribution is 0.0515. The molecule has 0 aliphatic rings. The van der Waals surface area contributed by atoms with Gasteiger partial charge in [-0.05, 0) is 12.1 Å². The van der Waals surface area contributed by atoms with Gasteiger partial charge in [0.15, 0.2) is 0 Å². The molecular weight excluding hydrogens is 148 g/mol. The van der Waals surface area contributed by atoms with E-state index in [1.54, 1.807) is 18.2 Å². The van der Waals surface area contributed by atoms with Crippen LogP contribution in [0.25, 0.3) is 0 Å². The van der Waals surface area contributed by atoms with Crippen molar-refractivity contribution in [3.05, 3.63) is 37.0 Å². The van der Waals surface area contributed by atoms with Crippen LogP contribution >= 0.6 is 0 Å². The normalized spacial score (nSPS) is 11.5. The van der Waals surface area contributed by atoms with Gasteiger partial charge in [-0.1, -0.05) is 6.07 Å². The fourth-order valence-electron chi connectivity index (χ4n) is 0.768. The summed E-state index contributed by atoms with van der Waals surface area (Å²) >= 11 is 0. The van der Waals surface area contributed by atoms with Gasteiger partial charge >= 0.3 is 0 Å². The maximum atomic E-state index is 12.3. The lowest BCUT2D eigenvalue weighted by Gasteiger charge is -2.07. The highest BCUT2D eigenvalue weighted by Gasteiger charge is 2.22. The lowest BCUT2D eigenvalue weighted by atomic mass is 10.2. The van der Waals surface area contributed by atoms with Crippen LogP contribution < -0.4 is 0 Å². The second-order valence-corrected chi connectivity index (χ2v) is 2.35. The van der Waals surface area contributed by atoms with Crippen molar-refractivity contribution in [3.63, 3.8) is 0 Å². The maximum absolute atomic E-state index is 12.3. The van der Waals surface area contributed by atoms with Gasteiger partial charge < -0.3 is 0 Å². The van der Waals surface area contributed by atoms with Gasteiger partial charge in [0, 0.05) is 18.8 Å². The first kappa shape index (κ1) is 8.11. The Labute approximate surface area is 64.1 Å². The third kappa shape index (κ3) is 3.07. The highest BCUT2D eigenvalue weighted by Crippen LogP contribution is 2.16. The SMILES string of the molecule is [CH2]C(F)(F)Cc1ccccn1. The summed E-state index contributed by atoms with van der Waals surface area (Å²) in [5.41, 5.74) is 0.368. The van der Waals surface area contributed by atoms with Gasteiger partial charge in [0.1, 0.15) is 0 Å². The highest BCUT2D eigenvalue weighted by atomic mass is 19.3. The first-order chi connectivity index (χ1) is 5.08.